The van der Waals surface area contributed by atoms with Crippen LogP contribution in [0.25, 0.3) is 0 Å². The number of hydrogen-bond acceptors (Lipinski definition) is 5. The van der Waals surface area contributed by atoms with Crippen LogP contribution in [-0.2, 0) is 13.6 Å². The zero-order valence-electron chi connectivity index (χ0n) is 15.4. The lowest BCUT2D eigenvalue weighted by Crippen LogP contribution is -2.46. The van der Waals surface area contributed by atoms with E-state index < -0.39 is 0 Å². The first-order valence-corrected chi connectivity index (χ1v) is 8.66. The second-order valence-electron chi connectivity index (χ2n) is 6.89. The Bertz CT molecular complexity index is 762. The van der Waals surface area contributed by atoms with Crippen LogP contribution in [0.15, 0.2) is 30.6 Å². The molecule has 26 heavy (non-hydrogen) atoms. The fraction of sp³-hybridized carbons (Fsp3) is 0.500. The second-order valence-corrected chi connectivity index (χ2v) is 6.89. The van der Waals surface area contributed by atoms with Crippen LogP contribution in [0.1, 0.15) is 42.8 Å². The van der Waals surface area contributed by atoms with Crippen LogP contribution in [0.3, 0.4) is 0 Å². The highest BCUT2D eigenvalue weighted by Crippen LogP contribution is 2.29. The van der Waals surface area contributed by atoms with Gasteiger partial charge in [-0.05, 0) is 11.5 Å². The first-order chi connectivity index (χ1) is 12.0. The molecule has 1 aliphatic heterocycles. The van der Waals surface area contributed by atoms with Crippen molar-refractivity contribution < 1.29 is 4.92 Å². The number of benzene rings is 1. The molecule has 2 heterocycles. The molecular formula is C18H26ClN5O2. The fourth-order valence-corrected chi connectivity index (χ4v) is 3.46. The van der Waals surface area contributed by atoms with Gasteiger partial charge in [0.15, 0.2) is 0 Å². The van der Waals surface area contributed by atoms with Gasteiger partial charge in [-0.3, -0.25) is 15.0 Å². The van der Waals surface area contributed by atoms with Crippen LogP contribution in [-0.4, -0.2) is 39.0 Å². The summed E-state index contributed by atoms with van der Waals surface area (Å²) in [5.41, 5.74) is 1.98. The summed E-state index contributed by atoms with van der Waals surface area (Å²) >= 11 is 0. The molecule has 1 N–H and O–H groups in total. The molecule has 8 heteroatoms. The van der Waals surface area contributed by atoms with E-state index in [0.29, 0.717) is 6.54 Å². The van der Waals surface area contributed by atoms with Crippen LogP contribution in [0, 0.1) is 10.1 Å². The first kappa shape index (κ1) is 20.4. The molecule has 7 nitrogen and oxygen atoms in total. The van der Waals surface area contributed by atoms with Crippen molar-refractivity contribution >= 4 is 18.1 Å². The van der Waals surface area contributed by atoms with Crippen molar-refractivity contribution in [1.82, 2.24) is 19.8 Å². The Hall–Kier alpha value is -1.96. The van der Waals surface area contributed by atoms with Crippen molar-refractivity contribution in [2.45, 2.75) is 32.4 Å². The van der Waals surface area contributed by atoms with Crippen molar-refractivity contribution in [1.29, 1.82) is 0 Å². The van der Waals surface area contributed by atoms with Gasteiger partial charge >= 0.3 is 0 Å². The van der Waals surface area contributed by atoms with E-state index in [1.807, 2.05) is 50.0 Å². The minimum atomic E-state index is -0.271. The lowest BCUT2D eigenvalue weighted by molar-refractivity contribution is -0.385. The maximum Gasteiger partial charge on any atom is 0.273 e. The molecule has 0 amide bonds. The Morgan fingerprint density at radius 3 is 2.81 bits per heavy atom. The molecular weight excluding hydrogens is 354 g/mol. The van der Waals surface area contributed by atoms with Crippen molar-refractivity contribution in [3.05, 3.63) is 57.7 Å². The smallest absolute Gasteiger partial charge is 0.273 e. The molecule has 1 unspecified atom stereocenters. The predicted molar refractivity (Wildman–Crippen MR) is 104 cm³/mol. The summed E-state index contributed by atoms with van der Waals surface area (Å²) < 4.78 is 2.04. The van der Waals surface area contributed by atoms with Crippen molar-refractivity contribution in [2.75, 3.05) is 19.6 Å². The molecule has 0 bridgehead atoms. The van der Waals surface area contributed by atoms with E-state index in [9.17, 15) is 10.1 Å². The van der Waals surface area contributed by atoms with Gasteiger partial charge < -0.3 is 9.88 Å². The summed E-state index contributed by atoms with van der Waals surface area (Å²) in [7, 11) is 2.00. The van der Waals surface area contributed by atoms with Crippen LogP contribution < -0.4 is 5.32 Å². The number of halogens is 1. The molecule has 0 saturated carbocycles. The highest BCUT2D eigenvalue weighted by atomic mass is 35.5. The largest absolute Gasteiger partial charge is 0.337 e. The number of nitro benzene ring substituents is 1. The molecule has 1 aromatic heterocycles. The third-order valence-corrected chi connectivity index (χ3v) is 4.81. The number of hydrogen-bond donors (Lipinski definition) is 1. The molecule has 0 aliphatic carbocycles. The SMILES string of the molecule is CC(C)c1ccc(CN2CCNCC2c2nccn2C)cc1[N+](=O)[O-].Cl. The monoisotopic (exact) mass is 379 g/mol. The van der Waals surface area contributed by atoms with Gasteiger partial charge in [0.2, 0.25) is 0 Å². The standard InChI is InChI=1S/C18H25N5O2.ClH/c1-13(2)15-5-4-14(10-16(15)23(24)25)12-22-9-6-19-11-17(22)18-20-7-8-21(18)3;/h4-5,7-8,10,13,17,19H,6,9,11-12H2,1-3H3;1H. The fourth-order valence-electron chi connectivity index (χ4n) is 3.46. The van der Waals surface area contributed by atoms with Gasteiger partial charge in [0, 0.05) is 57.3 Å². The summed E-state index contributed by atoms with van der Waals surface area (Å²) in [4.78, 5) is 18.0. The first-order valence-electron chi connectivity index (χ1n) is 8.66. The second kappa shape index (κ2) is 8.62. The Morgan fingerprint density at radius 1 is 1.42 bits per heavy atom. The van der Waals surface area contributed by atoms with Crippen LogP contribution >= 0.6 is 12.4 Å². The van der Waals surface area contributed by atoms with Gasteiger partial charge in [-0.2, -0.15) is 0 Å². The van der Waals surface area contributed by atoms with Gasteiger partial charge in [-0.15, -0.1) is 12.4 Å². The van der Waals surface area contributed by atoms with E-state index >= 15 is 0 Å². The number of nitrogens with one attached hydrogen (secondary N) is 1. The molecule has 1 atom stereocenters. The highest BCUT2D eigenvalue weighted by Gasteiger charge is 2.27. The van der Waals surface area contributed by atoms with Gasteiger partial charge in [0.1, 0.15) is 5.82 Å². The van der Waals surface area contributed by atoms with E-state index in [2.05, 4.69) is 15.2 Å². The maximum absolute atomic E-state index is 11.4. The number of aryl methyl sites for hydroxylation is 1. The quantitative estimate of drug-likeness (QED) is 0.638. The average Bonchev–Trinajstić information content (AvgIpc) is 3.01. The van der Waals surface area contributed by atoms with Gasteiger partial charge in [0.25, 0.3) is 5.69 Å². The molecule has 3 rings (SSSR count). The average molecular weight is 380 g/mol. The number of nitro groups is 1. The molecule has 1 aromatic carbocycles. The van der Waals surface area contributed by atoms with Crippen molar-refractivity contribution in [3.63, 3.8) is 0 Å². The maximum atomic E-state index is 11.4. The van der Waals surface area contributed by atoms with Crippen molar-refractivity contribution in [2.24, 2.45) is 7.05 Å². The van der Waals surface area contributed by atoms with E-state index in [1.54, 1.807) is 6.07 Å². The minimum Gasteiger partial charge on any atom is -0.337 e. The molecule has 142 valence electrons. The molecule has 0 spiro atoms. The Kier molecular flexibility index (Phi) is 6.75. The van der Waals surface area contributed by atoms with Crippen LogP contribution in [0.4, 0.5) is 5.69 Å². The van der Waals surface area contributed by atoms with E-state index in [-0.39, 0.29) is 35.0 Å². The zero-order chi connectivity index (χ0) is 18.0. The van der Waals surface area contributed by atoms with E-state index in [1.165, 1.54) is 0 Å². The topological polar surface area (TPSA) is 76.2 Å². The summed E-state index contributed by atoms with van der Waals surface area (Å²) in [6, 6.07) is 5.81. The normalized spacial score (nSPS) is 17.9. The number of aromatic nitrogens is 2. The summed E-state index contributed by atoms with van der Waals surface area (Å²) in [6.45, 7) is 7.27. The molecule has 0 radical (unpaired) electrons. The number of piperazine rings is 1. The zero-order valence-corrected chi connectivity index (χ0v) is 16.2. The Morgan fingerprint density at radius 2 is 2.19 bits per heavy atom. The third kappa shape index (κ3) is 4.23. The third-order valence-electron chi connectivity index (χ3n) is 4.81. The Balaban J connectivity index is 0.00000243. The molecule has 1 saturated heterocycles. The number of rotatable bonds is 5. The predicted octanol–water partition coefficient (Wildman–Crippen LogP) is 3.02. The molecule has 2 aromatic rings. The minimum absolute atomic E-state index is 0. The summed E-state index contributed by atoms with van der Waals surface area (Å²) in [5, 5.41) is 14.9. The van der Waals surface area contributed by atoms with Gasteiger partial charge in [0.05, 0.1) is 11.0 Å². The van der Waals surface area contributed by atoms with Gasteiger partial charge in [-0.25, -0.2) is 4.98 Å². The van der Waals surface area contributed by atoms with Gasteiger partial charge in [-0.1, -0.05) is 26.0 Å². The van der Waals surface area contributed by atoms with E-state index in [0.717, 1.165) is 36.6 Å². The van der Waals surface area contributed by atoms with E-state index in [4.69, 9.17) is 0 Å². The van der Waals surface area contributed by atoms with Crippen molar-refractivity contribution in [3.8, 4) is 0 Å². The highest BCUT2D eigenvalue weighted by molar-refractivity contribution is 5.85. The number of imidazole rings is 1. The molecule has 1 fully saturated rings. The summed E-state index contributed by atoms with van der Waals surface area (Å²) in [6.07, 6.45) is 3.76. The number of nitrogens with zero attached hydrogens (tertiary/aromatic N) is 4. The Labute approximate surface area is 160 Å². The molecule has 1 aliphatic rings. The lowest BCUT2D eigenvalue weighted by atomic mass is 9.99. The van der Waals surface area contributed by atoms with Crippen LogP contribution in [0.2, 0.25) is 0 Å². The van der Waals surface area contributed by atoms with Crippen LogP contribution in [0.5, 0.6) is 0 Å². The summed E-state index contributed by atoms with van der Waals surface area (Å²) in [5.74, 6) is 1.15. The lowest BCUT2D eigenvalue weighted by Gasteiger charge is -2.35.